The fraction of sp³-hybridized carbons (Fsp3) is 0.417. The van der Waals surface area contributed by atoms with Crippen LogP contribution in [0.2, 0.25) is 0 Å². The minimum atomic E-state index is -0.411. The third-order valence-corrected chi connectivity index (χ3v) is 2.46. The van der Waals surface area contributed by atoms with Crippen LogP contribution in [0.1, 0.15) is 12.5 Å². The molecule has 1 aromatic carbocycles. The number of ether oxygens (including phenoxy) is 2. The summed E-state index contributed by atoms with van der Waals surface area (Å²) in [5.74, 6) is 0.658. The van der Waals surface area contributed by atoms with Crippen LogP contribution in [0.25, 0.3) is 0 Å². The average Bonchev–Trinajstić information content (AvgIpc) is 2.35. The first-order chi connectivity index (χ1) is 7.63. The van der Waals surface area contributed by atoms with Crippen molar-refractivity contribution in [3.05, 3.63) is 23.8 Å². The van der Waals surface area contributed by atoms with Crippen LogP contribution in [-0.4, -0.2) is 27.4 Å². The molecule has 0 saturated carbocycles. The molecule has 4 heteroatoms. The highest BCUT2D eigenvalue weighted by Gasteiger charge is 2.15. The van der Waals surface area contributed by atoms with Gasteiger partial charge in [-0.3, -0.25) is 4.90 Å². The number of methoxy groups -OCH3 is 2. The molecule has 0 unspecified atom stereocenters. The summed E-state index contributed by atoms with van der Waals surface area (Å²) in [7, 11) is 4.59. The minimum absolute atomic E-state index is 0.411. The molecule has 0 fully saturated rings. The summed E-state index contributed by atoms with van der Waals surface area (Å²) in [5.41, 5.74) is 1.86. The van der Waals surface area contributed by atoms with Crippen LogP contribution < -0.4 is 9.64 Å². The Morgan fingerprint density at radius 3 is 2.56 bits per heavy atom. The molecule has 0 aliphatic heterocycles. The van der Waals surface area contributed by atoms with E-state index in [0.717, 1.165) is 12.0 Å². The maximum Gasteiger partial charge on any atom is 0.413 e. The lowest BCUT2D eigenvalue weighted by atomic mass is 10.1. The van der Waals surface area contributed by atoms with Crippen molar-refractivity contribution in [3.8, 4) is 5.75 Å². The van der Waals surface area contributed by atoms with Gasteiger partial charge in [-0.25, -0.2) is 4.79 Å². The van der Waals surface area contributed by atoms with Gasteiger partial charge in [0.1, 0.15) is 5.75 Å². The highest BCUT2D eigenvalue weighted by atomic mass is 16.5. The molecule has 0 spiro atoms. The van der Waals surface area contributed by atoms with Crippen molar-refractivity contribution in [1.82, 2.24) is 0 Å². The molecule has 1 amide bonds. The predicted octanol–water partition coefficient (Wildman–Crippen LogP) is 2.46. The first kappa shape index (κ1) is 12.4. The van der Waals surface area contributed by atoms with E-state index in [9.17, 15) is 4.79 Å². The Morgan fingerprint density at radius 2 is 2.06 bits per heavy atom. The third kappa shape index (κ3) is 2.45. The summed E-state index contributed by atoms with van der Waals surface area (Å²) < 4.78 is 9.88. The van der Waals surface area contributed by atoms with Gasteiger partial charge in [-0.1, -0.05) is 13.0 Å². The Morgan fingerprint density at radius 1 is 1.38 bits per heavy atom. The number of hydrogen-bond donors (Lipinski definition) is 0. The van der Waals surface area contributed by atoms with E-state index < -0.39 is 6.09 Å². The maximum absolute atomic E-state index is 11.4. The fourth-order valence-corrected chi connectivity index (χ4v) is 1.45. The van der Waals surface area contributed by atoms with E-state index in [1.807, 2.05) is 18.2 Å². The number of hydrogen-bond acceptors (Lipinski definition) is 3. The molecular weight excluding hydrogens is 206 g/mol. The van der Waals surface area contributed by atoms with E-state index in [2.05, 4.69) is 11.7 Å². The van der Waals surface area contributed by atoms with Crippen LogP contribution in [0, 0.1) is 0 Å². The topological polar surface area (TPSA) is 38.8 Å². The third-order valence-electron chi connectivity index (χ3n) is 2.46. The molecule has 1 aromatic rings. The zero-order chi connectivity index (χ0) is 12.1. The van der Waals surface area contributed by atoms with Crippen molar-refractivity contribution < 1.29 is 14.3 Å². The van der Waals surface area contributed by atoms with Gasteiger partial charge in [-0.2, -0.15) is 0 Å². The van der Waals surface area contributed by atoms with Gasteiger partial charge < -0.3 is 9.47 Å². The Kier molecular flexibility index (Phi) is 4.17. The lowest BCUT2D eigenvalue weighted by molar-refractivity contribution is 0.180. The monoisotopic (exact) mass is 223 g/mol. The van der Waals surface area contributed by atoms with Crippen LogP contribution >= 0.6 is 0 Å². The van der Waals surface area contributed by atoms with Gasteiger partial charge in [0.05, 0.1) is 19.9 Å². The molecule has 88 valence electrons. The zero-order valence-electron chi connectivity index (χ0n) is 10.1. The van der Waals surface area contributed by atoms with Crippen LogP contribution in [0.5, 0.6) is 5.75 Å². The second kappa shape index (κ2) is 5.39. The van der Waals surface area contributed by atoms with E-state index >= 15 is 0 Å². The van der Waals surface area contributed by atoms with Crippen molar-refractivity contribution in [2.45, 2.75) is 13.3 Å². The first-order valence-corrected chi connectivity index (χ1v) is 5.12. The number of carbonyl (C=O) groups is 1. The van der Waals surface area contributed by atoms with E-state index in [4.69, 9.17) is 4.74 Å². The number of carbonyl (C=O) groups excluding carboxylic acids is 1. The Bertz CT molecular complexity index is 377. The maximum atomic E-state index is 11.4. The quantitative estimate of drug-likeness (QED) is 0.790. The molecule has 0 radical (unpaired) electrons. The smallest absolute Gasteiger partial charge is 0.413 e. The van der Waals surface area contributed by atoms with Crippen LogP contribution in [-0.2, 0) is 11.2 Å². The molecule has 1 rings (SSSR count). The fourth-order valence-electron chi connectivity index (χ4n) is 1.45. The SMILES string of the molecule is CCc1ccc(OC)c(N(C)C(=O)OC)c1. The number of aryl methyl sites for hydroxylation is 1. The molecule has 4 nitrogen and oxygen atoms in total. The van der Waals surface area contributed by atoms with E-state index in [0.29, 0.717) is 11.4 Å². The Hall–Kier alpha value is -1.71. The van der Waals surface area contributed by atoms with Gasteiger partial charge in [-0.15, -0.1) is 0 Å². The molecular formula is C12H17NO3. The van der Waals surface area contributed by atoms with Gasteiger partial charge in [0.2, 0.25) is 0 Å². The summed E-state index contributed by atoms with van der Waals surface area (Å²) in [5, 5.41) is 0. The van der Waals surface area contributed by atoms with Crippen molar-refractivity contribution in [3.63, 3.8) is 0 Å². The summed E-state index contributed by atoms with van der Waals surface area (Å²) in [6.45, 7) is 2.06. The van der Waals surface area contributed by atoms with Gasteiger partial charge >= 0.3 is 6.09 Å². The van der Waals surface area contributed by atoms with Gasteiger partial charge in [0.25, 0.3) is 0 Å². The number of amides is 1. The molecule has 16 heavy (non-hydrogen) atoms. The summed E-state index contributed by atoms with van der Waals surface area (Å²) in [4.78, 5) is 12.9. The molecule has 0 aliphatic carbocycles. The van der Waals surface area contributed by atoms with Crippen molar-refractivity contribution in [1.29, 1.82) is 0 Å². The standard InChI is InChI=1S/C12H17NO3/c1-5-9-6-7-11(15-3)10(8-9)13(2)12(14)16-4/h6-8H,5H2,1-4H3. The van der Waals surface area contributed by atoms with Crippen LogP contribution in [0.3, 0.4) is 0 Å². The van der Waals surface area contributed by atoms with Crippen molar-refractivity contribution in [2.24, 2.45) is 0 Å². The molecule has 0 bridgehead atoms. The van der Waals surface area contributed by atoms with Gasteiger partial charge in [0, 0.05) is 7.05 Å². The van der Waals surface area contributed by atoms with E-state index in [1.165, 1.54) is 12.0 Å². The zero-order valence-corrected chi connectivity index (χ0v) is 10.1. The second-order valence-electron chi connectivity index (χ2n) is 3.39. The van der Waals surface area contributed by atoms with E-state index in [1.54, 1.807) is 14.2 Å². The van der Waals surface area contributed by atoms with Gasteiger partial charge in [0.15, 0.2) is 0 Å². The first-order valence-electron chi connectivity index (χ1n) is 5.12. The lowest BCUT2D eigenvalue weighted by Crippen LogP contribution is -2.26. The highest BCUT2D eigenvalue weighted by Crippen LogP contribution is 2.29. The molecule has 0 N–H and O–H groups in total. The summed E-state index contributed by atoms with van der Waals surface area (Å²) in [6, 6.07) is 5.76. The largest absolute Gasteiger partial charge is 0.495 e. The normalized spacial score (nSPS) is 9.75. The minimum Gasteiger partial charge on any atom is -0.495 e. The molecule has 0 heterocycles. The summed E-state index contributed by atoms with van der Waals surface area (Å²) in [6.07, 6.45) is 0.498. The summed E-state index contributed by atoms with van der Waals surface area (Å²) >= 11 is 0. The van der Waals surface area contributed by atoms with Gasteiger partial charge in [-0.05, 0) is 24.1 Å². The second-order valence-corrected chi connectivity index (χ2v) is 3.39. The van der Waals surface area contributed by atoms with Crippen LogP contribution in [0.4, 0.5) is 10.5 Å². The Labute approximate surface area is 95.8 Å². The predicted molar refractivity (Wildman–Crippen MR) is 63.2 cm³/mol. The molecule has 0 saturated heterocycles. The van der Waals surface area contributed by atoms with Crippen molar-refractivity contribution >= 4 is 11.8 Å². The van der Waals surface area contributed by atoms with Crippen molar-refractivity contribution in [2.75, 3.05) is 26.2 Å². The Balaban J connectivity index is 3.12. The number of benzene rings is 1. The van der Waals surface area contributed by atoms with E-state index in [-0.39, 0.29) is 0 Å². The average molecular weight is 223 g/mol. The highest BCUT2D eigenvalue weighted by molar-refractivity contribution is 5.89. The number of nitrogens with zero attached hydrogens (tertiary/aromatic N) is 1. The molecule has 0 aliphatic rings. The lowest BCUT2D eigenvalue weighted by Gasteiger charge is -2.19. The number of anilines is 1. The number of rotatable bonds is 3. The molecule has 0 aromatic heterocycles. The van der Waals surface area contributed by atoms with Crippen LogP contribution in [0.15, 0.2) is 18.2 Å². The molecule has 0 atom stereocenters.